The van der Waals surface area contributed by atoms with Gasteiger partial charge >= 0.3 is 0 Å². The number of fused-ring (bicyclic) bond motifs is 1. The first-order valence-corrected chi connectivity index (χ1v) is 6.21. The number of aliphatic imine (C=N–C) groups is 1. The largest absolute Gasteiger partial charge is 0.459 e. The molecule has 2 aromatic rings. The first kappa shape index (κ1) is 16.7. The van der Waals surface area contributed by atoms with Crippen molar-refractivity contribution in [1.82, 2.24) is 5.32 Å². The molecular formula is C14H19FIN3O. The second-order valence-electron chi connectivity index (χ2n) is 4.79. The van der Waals surface area contributed by atoms with E-state index in [-0.39, 0.29) is 35.8 Å². The van der Waals surface area contributed by atoms with Gasteiger partial charge in [0.15, 0.2) is 5.96 Å². The van der Waals surface area contributed by atoms with Gasteiger partial charge in [0.05, 0.1) is 0 Å². The number of nitrogens with zero attached hydrogens (tertiary/aromatic N) is 1. The van der Waals surface area contributed by atoms with Crippen LogP contribution < -0.4 is 11.1 Å². The van der Waals surface area contributed by atoms with Crippen LogP contribution in [0.4, 0.5) is 4.39 Å². The fraction of sp³-hybridized carbons (Fsp3) is 0.357. The number of hydrogen-bond donors (Lipinski definition) is 2. The summed E-state index contributed by atoms with van der Waals surface area (Å²) in [5, 5.41) is 3.78. The van der Waals surface area contributed by atoms with Gasteiger partial charge in [-0.25, -0.2) is 9.38 Å². The van der Waals surface area contributed by atoms with Crippen molar-refractivity contribution in [2.45, 2.75) is 33.4 Å². The summed E-state index contributed by atoms with van der Waals surface area (Å²) >= 11 is 0. The molecule has 2 rings (SSSR count). The van der Waals surface area contributed by atoms with E-state index in [9.17, 15) is 4.39 Å². The Labute approximate surface area is 134 Å². The Balaban J connectivity index is 0.00000200. The molecule has 1 aromatic heterocycles. The zero-order valence-corrected chi connectivity index (χ0v) is 14.1. The highest BCUT2D eigenvalue weighted by Crippen LogP contribution is 2.26. The average molecular weight is 391 g/mol. The molecule has 0 bridgehead atoms. The molecule has 20 heavy (non-hydrogen) atoms. The van der Waals surface area contributed by atoms with Crippen molar-refractivity contribution in [1.29, 1.82) is 0 Å². The van der Waals surface area contributed by atoms with Gasteiger partial charge in [-0.15, -0.1) is 24.0 Å². The molecule has 1 aromatic carbocycles. The number of benzene rings is 1. The number of aryl methyl sites for hydroxylation is 1. The van der Waals surface area contributed by atoms with Gasteiger partial charge in [-0.1, -0.05) is 0 Å². The van der Waals surface area contributed by atoms with Crippen molar-refractivity contribution in [2.75, 3.05) is 0 Å². The van der Waals surface area contributed by atoms with Crippen molar-refractivity contribution in [2.24, 2.45) is 10.7 Å². The number of guanidine groups is 1. The summed E-state index contributed by atoms with van der Waals surface area (Å²) in [6.07, 6.45) is 0. The molecule has 0 aliphatic carbocycles. The summed E-state index contributed by atoms with van der Waals surface area (Å²) in [6, 6.07) is 4.71. The van der Waals surface area contributed by atoms with E-state index in [1.54, 1.807) is 6.07 Å². The van der Waals surface area contributed by atoms with Crippen LogP contribution in [0.25, 0.3) is 11.0 Å². The van der Waals surface area contributed by atoms with E-state index in [2.05, 4.69) is 10.3 Å². The lowest BCUT2D eigenvalue weighted by Crippen LogP contribution is -2.36. The lowest BCUT2D eigenvalue weighted by molar-refractivity contribution is 0.547. The smallest absolute Gasteiger partial charge is 0.189 e. The van der Waals surface area contributed by atoms with E-state index < -0.39 is 0 Å². The monoisotopic (exact) mass is 391 g/mol. The molecule has 1 heterocycles. The lowest BCUT2D eigenvalue weighted by Gasteiger charge is -2.07. The molecule has 0 spiro atoms. The molecular weight excluding hydrogens is 372 g/mol. The normalized spacial score (nSPS) is 11.8. The van der Waals surface area contributed by atoms with Crippen molar-refractivity contribution >= 4 is 40.9 Å². The maximum Gasteiger partial charge on any atom is 0.189 e. The third-order valence-electron chi connectivity index (χ3n) is 2.83. The van der Waals surface area contributed by atoms with Gasteiger partial charge < -0.3 is 15.5 Å². The summed E-state index contributed by atoms with van der Waals surface area (Å²) in [5.41, 5.74) is 7.29. The van der Waals surface area contributed by atoms with Crippen LogP contribution >= 0.6 is 24.0 Å². The highest BCUT2D eigenvalue weighted by Gasteiger charge is 2.10. The third-order valence-corrected chi connectivity index (χ3v) is 2.83. The maximum atomic E-state index is 13.2. The molecule has 0 amide bonds. The van der Waals surface area contributed by atoms with Gasteiger partial charge in [-0.05, 0) is 39.0 Å². The first-order valence-electron chi connectivity index (χ1n) is 6.21. The van der Waals surface area contributed by atoms with E-state index in [0.29, 0.717) is 23.8 Å². The molecule has 110 valence electrons. The highest BCUT2D eigenvalue weighted by atomic mass is 127. The predicted molar refractivity (Wildman–Crippen MR) is 89.9 cm³/mol. The van der Waals surface area contributed by atoms with Crippen LogP contribution in [0.5, 0.6) is 0 Å². The van der Waals surface area contributed by atoms with Crippen LogP contribution in [0, 0.1) is 12.7 Å². The van der Waals surface area contributed by atoms with Gasteiger partial charge in [-0.2, -0.15) is 0 Å². The summed E-state index contributed by atoms with van der Waals surface area (Å²) in [7, 11) is 0. The minimum absolute atomic E-state index is 0. The molecule has 6 heteroatoms. The van der Waals surface area contributed by atoms with Crippen LogP contribution in [0.2, 0.25) is 0 Å². The molecule has 0 atom stereocenters. The summed E-state index contributed by atoms with van der Waals surface area (Å²) in [6.45, 7) is 6.20. The van der Waals surface area contributed by atoms with Crippen molar-refractivity contribution in [3.63, 3.8) is 0 Å². The Morgan fingerprint density at radius 2 is 2.15 bits per heavy atom. The number of nitrogens with one attached hydrogen (secondary N) is 1. The first-order chi connectivity index (χ1) is 8.97. The van der Waals surface area contributed by atoms with Gasteiger partial charge in [0.25, 0.3) is 0 Å². The van der Waals surface area contributed by atoms with Crippen molar-refractivity contribution < 1.29 is 8.81 Å². The van der Waals surface area contributed by atoms with Crippen LogP contribution in [0.1, 0.15) is 25.2 Å². The number of nitrogens with two attached hydrogens (primary N) is 1. The summed E-state index contributed by atoms with van der Waals surface area (Å²) in [4.78, 5) is 4.21. The maximum absolute atomic E-state index is 13.2. The molecule has 3 N–H and O–H groups in total. The molecule has 0 aliphatic rings. The standard InChI is InChI=1S/C14H18FN3O.HI/c1-8(2)18-14(16)17-7-13-9(3)11-6-10(15)4-5-12(11)19-13;/h4-6,8H,7H2,1-3H3,(H3,16,17,18);1H. The Hall–Kier alpha value is -1.31. The van der Waals surface area contributed by atoms with Crippen molar-refractivity contribution in [3.05, 3.63) is 35.3 Å². The lowest BCUT2D eigenvalue weighted by atomic mass is 10.1. The van der Waals surface area contributed by atoms with Gasteiger partial charge in [-0.3, -0.25) is 0 Å². The third kappa shape index (κ3) is 3.84. The second kappa shape index (κ2) is 6.92. The zero-order chi connectivity index (χ0) is 14.0. The molecule has 0 saturated heterocycles. The summed E-state index contributed by atoms with van der Waals surface area (Å²) in [5.74, 6) is 0.808. The van der Waals surface area contributed by atoms with E-state index in [0.717, 1.165) is 10.9 Å². The molecule has 0 aliphatic heterocycles. The molecule has 0 fully saturated rings. The van der Waals surface area contributed by atoms with E-state index >= 15 is 0 Å². The van der Waals surface area contributed by atoms with Crippen LogP contribution in [0.3, 0.4) is 0 Å². The topological polar surface area (TPSA) is 63.5 Å². The van der Waals surface area contributed by atoms with Crippen molar-refractivity contribution in [3.8, 4) is 0 Å². The Morgan fingerprint density at radius 1 is 1.45 bits per heavy atom. The molecule has 4 nitrogen and oxygen atoms in total. The highest BCUT2D eigenvalue weighted by molar-refractivity contribution is 14.0. The Morgan fingerprint density at radius 3 is 2.80 bits per heavy atom. The van der Waals surface area contributed by atoms with E-state index in [1.807, 2.05) is 20.8 Å². The fourth-order valence-electron chi connectivity index (χ4n) is 1.89. The number of halogens is 2. The number of furan rings is 1. The predicted octanol–water partition coefficient (Wildman–Crippen LogP) is 3.31. The van der Waals surface area contributed by atoms with Crippen LogP contribution in [-0.4, -0.2) is 12.0 Å². The quantitative estimate of drug-likeness (QED) is 0.480. The second-order valence-corrected chi connectivity index (χ2v) is 4.79. The van der Waals surface area contributed by atoms with Gasteiger partial charge in [0.2, 0.25) is 0 Å². The zero-order valence-electron chi connectivity index (χ0n) is 11.7. The van der Waals surface area contributed by atoms with E-state index in [4.69, 9.17) is 10.2 Å². The van der Waals surface area contributed by atoms with E-state index in [1.165, 1.54) is 12.1 Å². The van der Waals surface area contributed by atoms with Gasteiger partial charge in [0, 0.05) is 17.0 Å². The molecule has 0 radical (unpaired) electrons. The number of rotatable bonds is 3. The van der Waals surface area contributed by atoms with Gasteiger partial charge in [0.1, 0.15) is 23.7 Å². The molecule has 0 unspecified atom stereocenters. The van der Waals surface area contributed by atoms with Crippen LogP contribution in [-0.2, 0) is 6.54 Å². The average Bonchev–Trinajstić information content (AvgIpc) is 2.63. The minimum Gasteiger partial charge on any atom is -0.459 e. The number of hydrogen-bond acceptors (Lipinski definition) is 2. The molecule has 0 saturated carbocycles. The Bertz CT molecular complexity index is 622. The van der Waals surface area contributed by atoms with Crippen LogP contribution in [0.15, 0.2) is 27.6 Å². The SMILES string of the molecule is Cc1c(CN=C(N)NC(C)C)oc2ccc(F)cc12.I. The fourth-order valence-corrected chi connectivity index (χ4v) is 1.89. The Kier molecular flexibility index (Phi) is 5.79. The summed E-state index contributed by atoms with van der Waals surface area (Å²) < 4.78 is 18.8. The minimum atomic E-state index is -0.271.